The lowest BCUT2D eigenvalue weighted by Crippen LogP contribution is -1.93. The highest BCUT2D eigenvalue weighted by Crippen LogP contribution is 2.30. The fourth-order valence-electron chi connectivity index (χ4n) is 2.34. The van der Waals surface area contributed by atoms with Crippen molar-refractivity contribution in [2.45, 2.75) is 13.8 Å². The SMILES string of the molecule is Cc1ncnc(-c2cn(C)c3ccccc23)c1C. The number of fused-ring (bicyclic) bond motifs is 1. The normalized spacial score (nSPS) is 11.1. The fourth-order valence-corrected chi connectivity index (χ4v) is 2.34. The summed E-state index contributed by atoms with van der Waals surface area (Å²) in [4.78, 5) is 8.68. The van der Waals surface area contributed by atoms with Gasteiger partial charge >= 0.3 is 0 Å². The second kappa shape index (κ2) is 3.95. The van der Waals surface area contributed by atoms with Crippen LogP contribution in [-0.2, 0) is 7.05 Å². The molecule has 0 aliphatic carbocycles. The van der Waals surface area contributed by atoms with Crippen LogP contribution in [0.2, 0.25) is 0 Å². The lowest BCUT2D eigenvalue weighted by atomic mass is 10.1. The molecule has 0 saturated heterocycles. The van der Waals surface area contributed by atoms with Gasteiger partial charge in [0.2, 0.25) is 0 Å². The van der Waals surface area contributed by atoms with Crippen LogP contribution in [0.25, 0.3) is 22.2 Å². The van der Waals surface area contributed by atoms with Crippen LogP contribution in [0.15, 0.2) is 36.8 Å². The first-order chi connectivity index (χ1) is 8.68. The molecule has 0 fully saturated rings. The summed E-state index contributed by atoms with van der Waals surface area (Å²) in [6.45, 7) is 4.10. The Morgan fingerprint density at radius 1 is 1.06 bits per heavy atom. The van der Waals surface area contributed by atoms with E-state index in [2.05, 4.69) is 59.0 Å². The topological polar surface area (TPSA) is 30.7 Å². The van der Waals surface area contributed by atoms with Crippen molar-refractivity contribution in [1.82, 2.24) is 14.5 Å². The highest BCUT2D eigenvalue weighted by Gasteiger charge is 2.12. The maximum Gasteiger partial charge on any atom is 0.116 e. The van der Waals surface area contributed by atoms with Crippen LogP contribution in [0, 0.1) is 13.8 Å². The van der Waals surface area contributed by atoms with Gasteiger partial charge in [0.1, 0.15) is 6.33 Å². The smallest absolute Gasteiger partial charge is 0.116 e. The minimum Gasteiger partial charge on any atom is -0.350 e. The van der Waals surface area contributed by atoms with Gasteiger partial charge in [-0.05, 0) is 25.5 Å². The Bertz CT molecular complexity index is 726. The molecular formula is C15H15N3. The van der Waals surface area contributed by atoms with Gasteiger partial charge in [0.25, 0.3) is 0 Å². The van der Waals surface area contributed by atoms with E-state index in [4.69, 9.17) is 0 Å². The van der Waals surface area contributed by atoms with Crippen LogP contribution in [0.5, 0.6) is 0 Å². The molecule has 3 aromatic rings. The van der Waals surface area contributed by atoms with E-state index in [1.807, 2.05) is 6.92 Å². The molecule has 3 heteroatoms. The molecule has 2 aromatic heterocycles. The molecule has 0 amide bonds. The Hall–Kier alpha value is -2.16. The quantitative estimate of drug-likeness (QED) is 0.650. The van der Waals surface area contributed by atoms with Gasteiger partial charge in [-0.15, -0.1) is 0 Å². The molecule has 0 atom stereocenters. The van der Waals surface area contributed by atoms with E-state index in [1.54, 1.807) is 6.33 Å². The molecule has 3 rings (SSSR count). The number of aromatic nitrogens is 3. The highest BCUT2D eigenvalue weighted by atomic mass is 14.9. The van der Waals surface area contributed by atoms with Gasteiger partial charge in [-0.2, -0.15) is 0 Å². The standard InChI is InChI=1S/C15H15N3/c1-10-11(2)16-9-17-15(10)13-8-18(3)14-7-5-4-6-12(13)14/h4-9H,1-3H3. The summed E-state index contributed by atoms with van der Waals surface area (Å²) in [5, 5.41) is 1.24. The first kappa shape index (κ1) is 11.0. The van der Waals surface area contributed by atoms with Crippen molar-refractivity contribution in [1.29, 1.82) is 0 Å². The van der Waals surface area contributed by atoms with Crippen LogP contribution in [0.1, 0.15) is 11.3 Å². The minimum absolute atomic E-state index is 1.03. The molecule has 0 N–H and O–H groups in total. The van der Waals surface area contributed by atoms with E-state index in [1.165, 1.54) is 16.5 Å². The monoisotopic (exact) mass is 237 g/mol. The van der Waals surface area contributed by atoms with Gasteiger partial charge in [-0.1, -0.05) is 18.2 Å². The largest absolute Gasteiger partial charge is 0.350 e. The van der Waals surface area contributed by atoms with Crippen molar-refractivity contribution in [2.75, 3.05) is 0 Å². The van der Waals surface area contributed by atoms with E-state index in [9.17, 15) is 0 Å². The summed E-state index contributed by atoms with van der Waals surface area (Å²) >= 11 is 0. The molecule has 0 aliphatic rings. The van der Waals surface area contributed by atoms with Crippen LogP contribution in [0.4, 0.5) is 0 Å². The average Bonchev–Trinajstić information content (AvgIpc) is 2.71. The van der Waals surface area contributed by atoms with Crippen LogP contribution < -0.4 is 0 Å². The molecule has 90 valence electrons. The summed E-state index contributed by atoms with van der Waals surface area (Å²) in [6, 6.07) is 8.39. The number of hydrogen-bond donors (Lipinski definition) is 0. The van der Waals surface area contributed by atoms with E-state index in [0.717, 1.165) is 17.0 Å². The van der Waals surface area contributed by atoms with Crippen molar-refractivity contribution in [3.63, 3.8) is 0 Å². The third-order valence-electron chi connectivity index (χ3n) is 3.49. The predicted octanol–water partition coefficient (Wildman–Crippen LogP) is 3.25. The van der Waals surface area contributed by atoms with Crippen molar-refractivity contribution < 1.29 is 0 Å². The summed E-state index contributed by atoms with van der Waals surface area (Å²) in [7, 11) is 2.06. The zero-order valence-electron chi connectivity index (χ0n) is 10.8. The summed E-state index contributed by atoms with van der Waals surface area (Å²) in [5.74, 6) is 0. The third kappa shape index (κ3) is 1.51. The zero-order chi connectivity index (χ0) is 12.7. The van der Waals surface area contributed by atoms with Crippen LogP contribution in [-0.4, -0.2) is 14.5 Å². The van der Waals surface area contributed by atoms with Gasteiger partial charge in [0.05, 0.1) is 5.69 Å². The molecule has 0 unspecified atom stereocenters. The molecule has 0 bridgehead atoms. The third-order valence-corrected chi connectivity index (χ3v) is 3.49. The van der Waals surface area contributed by atoms with Gasteiger partial charge in [-0.3, -0.25) is 0 Å². The Morgan fingerprint density at radius 3 is 2.67 bits per heavy atom. The maximum atomic E-state index is 4.45. The van der Waals surface area contributed by atoms with Crippen LogP contribution >= 0.6 is 0 Å². The van der Waals surface area contributed by atoms with Crippen molar-refractivity contribution in [3.8, 4) is 11.3 Å². The summed E-state index contributed by atoms with van der Waals surface area (Å²) in [5.41, 5.74) is 5.61. The van der Waals surface area contributed by atoms with Gasteiger partial charge in [0.15, 0.2) is 0 Å². The lowest BCUT2D eigenvalue weighted by Gasteiger charge is -2.05. The van der Waals surface area contributed by atoms with Crippen molar-refractivity contribution in [2.24, 2.45) is 7.05 Å². The number of nitrogens with zero attached hydrogens (tertiary/aromatic N) is 3. The number of aryl methyl sites for hydroxylation is 2. The van der Waals surface area contributed by atoms with E-state index < -0.39 is 0 Å². The molecule has 2 heterocycles. The number of para-hydroxylation sites is 1. The predicted molar refractivity (Wildman–Crippen MR) is 73.4 cm³/mol. The van der Waals surface area contributed by atoms with Crippen molar-refractivity contribution >= 4 is 10.9 Å². The van der Waals surface area contributed by atoms with Gasteiger partial charge in [-0.25, -0.2) is 9.97 Å². The fraction of sp³-hybridized carbons (Fsp3) is 0.200. The molecule has 0 aliphatic heterocycles. The molecule has 0 saturated carbocycles. The van der Waals surface area contributed by atoms with E-state index in [0.29, 0.717) is 0 Å². The number of hydrogen-bond acceptors (Lipinski definition) is 2. The highest BCUT2D eigenvalue weighted by molar-refractivity contribution is 5.95. The lowest BCUT2D eigenvalue weighted by molar-refractivity contribution is 0.968. The molecule has 0 spiro atoms. The average molecular weight is 237 g/mol. The summed E-state index contributed by atoms with van der Waals surface area (Å²) < 4.78 is 2.14. The molecular weight excluding hydrogens is 222 g/mol. The molecule has 3 nitrogen and oxygen atoms in total. The maximum absolute atomic E-state index is 4.45. The minimum atomic E-state index is 1.03. The Kier molecular flexibility index (Phi) is 2.40. The number of rotatable bonds is 1. The zero-order valence-corrected chi connectivity index (χ0v) is 10.8. The van der Waals surface area contributed by atoms with Gasteiger partial charge in [0, 0.05) is 35.4 Å². The molecule has 1 aromatic carbocycles. The first-order valence-electron chi connectivity index (χ1n) is 6.01. The Balaban J connectivity index is 2.36. The second-order valence-corrected chi connectivity index (χ2v) is 4.60. The number of benzene rings is 1. The first-order valence-corrected chi connectivity index (χ1v) is 6.01. The van der Waals surface area contributed by atoms with E-state index >= 15 is 0 Å². The van der Waals surface area contributed by atoms with Gasteiger partial charge < -0.3 is 4.57 Å². The van der Waals surface area contributed by atoms with Crippen LogP contribution in [0.3, 0.4) is 0 Å². The van der Waals surface area contributed by atoms with Crippen molar-refractivity contribution in [3.05, 3.63) is 48.0 Å². The Morgan fingerprint density at radius 2 is 1.83 bits per heavy atom. The van der Waals surface area contributed by atoms with E-state index in [-0.39, 0.29) is 0 Å². The molecule has 18 heavy (non-hydrogen) atoms. The molecule has 0 radical (unpaired) electrons. The summed E-state index contributed by atoms with van der Waals surface area (Å²) in [6.07, 6.45) is 3.78. The Labute approximate surface area is 106 Å². The second-order valence-electron chi connectivity index (χ2n) is 4.60.